The summed E-state index contributed by atoms with van der Waals surface area (Å²) in [7, 11) is 0. The van der Waals surface area contributed by atoms with Gasteiger partial charge in [-0.05, 0) is 43.9 Å². The van der Waals surface area contributed by atoms with E-state index in [1.54, 1.807) is 0 Å². The summed E-state index contributed by atoms with van der Waals surface area (Å²) in [6.45, 7) is 6.12. The third-order valence-electron chi connectivity index (χ3n) is 6.70. The van der Waals surface area contributed by atoms with E-state index >= 15 is 0 Å². The lowest BCUT2D eigenvalue weighted by Gasteiger charge is -2.33. The first-order valence-electron chi connectivity index (χ1n) is 12.4. The summed E-state index contributed by atoms with van der Waals surface area (Å²) in [4.78, 5) is 41.2. The van der Waals surface area contributed by atoms with Crippen LogP contribution >= 0.6 is 11.8 Å². The molecule has 3 atom stereocenters. The SMILES string of the molecule is Cc1ccccc1CNC(=O)C1N(C(=O)[C@@H](O)[C@H](Cc2ccccc2)NC(=O)c2ccno2)CSC1(C)C. The van der Waals surface area contributed by atoms with Gasteiger partial charge in [-0.3, -0.25) is 14.4 Å². The van der Waals surface area contributed by atoms with Gasteiger partial charge in [0.25, 0.3) is 11.8 Å². The largest absolute Gasteiger partial charge is 0.381 e. The molecule has 0 saturated carbocycles. The van der Waals surface area contributed by atoms with Gasteiger partial charge in [0.1, 0.15) is 6.04 Å². The molecule has 1 aliphatic rings. The number of carbonyl (C=O) groups excluding carboxylic acids is 3. The number of amides is 3. The number of nitrogens with one attached hydrogen (secondary N) is 2. The summed E-state index contributed by atoms with van der Waals surface area (Å²) in [6, 6.07) is 16.6. The lowest BCUT2D eigenvalue weighted by atomic mass is 9.97. The summed E-state index contributed by atoms with van der Waals surface area (Å²) in [6.07, 6.45) is -0.0580. The zero-order chi connectivity index (χ0) is 27.3. The number of aliphatic hydroxyl groups is 1. The fraction of sp³-hybridized carbons (Fsp3) is 0.357. The molecule has 38 heavy (non-hydrogen) atoms. The van der Waals surface area contributed by atoms with Crippen molar-refractivity contribution in [3.05, 3.63) is 89.3 Å². The molecule has 200 valence electrons. The van der Waals surface area contributed by atoms with Gasteiger partial charge in [-0.2, -0.15) is 0 Å². The molecule has 10 heteroatoms. The lowest BCUT2D eigenvalue weighted by Crippen LogP contribution is -2.58. The monoisotopic (exact) mass is 536 g/mol. The highest BCUT2D eigenvalue weighted by molar-refractivity contribution is 8.00. The van der Waals surface area contributed by atoms with Gasteiger partial charge in [-0.1, -0.05) is 59.8 Å². The van der Waals surface area contributed by atoms with Crippen molar-refractivity contribution < 1.29 is 24.0 Å². The molecule has 1 saturated heterocycles. The van der Waals surface area contributed by atoms with E-state index in [1.165, 1.54) is 28.9 Å². The van der Waals surface area contributed by atoms with Gasteiger partial charge in [0.2, 0.25) is 11.7 Å². The number of thioether (sulfide) groups is 1. The molecule has 0 bridgehead atoms. The lowest BCUT2D eigenvalue weighted by molar-refractivity contribution is -0.147. The summed E-state index contributed by atoms with van der Waals surface area (Å²) >= 11 is 1.46. The first kappa shape index (κ1) is 27.4. The van der Waals surface area contributed by atoms with Crippen LogP contribution < -0.4 is 10.6 Å². The molecule has 9 nitrogen and oxygen atoms in total. The van der Waals surface area contributed by atoms with Gasteiger partial charge < -0.3 is 25.2 Å². The van der Waals surface area contributed by atoms with Crippen molar-refractivity contribution in [1.29, 1.82) is 0 Å². The minimum absolute atomic E-state index is 0.0333. The normalized spacial score (nSPS) is 18.0. The van der Waals surface area contributed by atoms with E-state index in [-0.39, 0.29) is 24.0 Å². The topological polar surface area (TPSA) is 125 Å². The van der Waals surface area contributed by atoms with E-state index in [4.69, 9.17) is 4.52 Å². The Hall–Kier alpha value is -3.63. The van der Waals surface area contributed by atoms with Gasteiger partial charge in [0, 0.05) is 17.4 Å². The van der Waals surface area contributed by atoms with Gasteiger partial charge >= 0.3 is 0 Å². The number of benzene rings is 2. The Morgan fingerprint density at radius 3 is 2.53 bits per heavy atom. The quantitative estimate of drug-likeness (QED) is 0.384. The van der Waals surface area contributed by atoms with Crippen LogP contribution in [0.5, 0.6) is 0 Å². The van der Waals surface area contributed by atoms with E-state index in [2.05, 4.69) is 15.8 Å². The number of carbonyl (C=O) groups is 3. The van der Waals surface area contributed by atoms with Crippen LogP contribution in [0, 0.1) is 6.92 Å². The van der Waals surface area contributed by atoms with E-state index in [9.17, 15) is 19.5 Å². The minimum Gasteiger partial charge on any atom is -0.381 e. The van der Waals surface area contributed by atoms with Gasteiger partial charge in [0.15, 0.2) is 6.10 Å². The van der Waals surface area contributed by atoms with Crippen LogP contribution in [0.1, 0.15) is 41.1 Å². The molecule has 2 heterocycles. The smallest absolute Gasteiger partial charge is 0.290 e. The molecule has 3 N–H and O–H groups in total. The highest BCUT2D eigenvalue weighted by Gasteiger charge is 2.49. The predicted octanol–water partition coefficient (Wildman–Crippen LogP) is 2.68. The average molecular weight is 537 g/mol. The van der Waals surface area contributed by atoms with Crippen LogP contribution in [0.4, 0.5) is 0 Å². The van der Waals surface area contributed by atoms with E-state index in [0.29, 0.717) is 6.54 Å². The third-order valence-corrected chi connectivity index (χ3v) is 8.08. The molecule has 0 aliphatic carbocycles. The Labute approximate surface area is 226 Å². The Kier molecular flexibility index (Phi) is 8.53. The molecular weight excluding hydrogens is 504 g/mol. The maximum absolute atomic E-state index is 13.7. The van der Waals surface area contributed by atoms with Crippen molar-refractivity contribution in [2.24, 2.45) is 0 Å². The highest BCUT2D eigenvalue weighted by atomic mass is 32.2. The molecular formula is C28H32N4O5S. The number of aliphatic hydroxyl groups excluding tert-OH is 1. The molecule has 1 aromatic heterocycles. The number of hydrogen-bond donors (Lipinski definition) is 3. The molecule has 0 spiro atoms. The van der Waals surface area contributed by atoms with Crippen LogP contribution in [-0.2, 0) is 22.6 Å². The number of nitrogens with zero attached hydrogens (tertiary/aromatic N) is 2. The average Bonchev–Trinajstić information content (AvgIpc) is 3.55. The predicted molar refractivity (Wildman–Crippen MR) is 144 cm³/mol. The molecule has 4 rings (SSSR count). The van der Waals surface area contributed by atoms with Crippen LogP contribution in [-0.4, -0.2) is 61.7 Å². The summed E-state index contributed by atoms with van der Waals surface area (Å²) in [5, 5.41) is 20.5. The Balaban J connectivity index is 1.52. The molecule has 0 radical (unpaired) electrons. The zero-order valence-corrected chi connectivity index (χ0v) is 22.4. The highest BCUT2D eigenvalue weighted by Crippen LogP contribution is 2.40. The number of rotatable bonds is 9. The first-order chi connectivity index (χ1) is 18.2. The number of aromatic nitrogens is 1. The molecule has 1 fully saturated rings. The Morgan fingerprint density at radius 1 is 1.13 bits per heavy atom. The molecule has 3 aromatic rings. The van der Waals surface area contributed by atoms with E-state index in [1.807, 2.05) is 75.4 Å². The van der Waals surface area contributed by atoms with Crippen molar-refractivity contribution in [2.75, 3.05) is 5.88 Å². The Bertz CT molecular complexity index is 1270. The standard InChI is InChI=1S/C28H32N4O5S/c1-18-9-7-8-12-20(18)16-29-26(35)24-28(2,3)38-17-32(24)27(36)23(33)21(15-19-10-5-4-6-11-19)31-25(34)22-13-14-30-37-22/h4-14,21,23-24,33H,15-17H2,1-3H3,(H,29,35)(H,31,34)/t21-,23-,24?/m0/s1. The van der Waals surface area contributed by atoms with Gasteiger partial charge in [-0.25, -0.2) is 0 Å². The third kappa shape index (κ3) is 6.25. The molecule has 1 unspecified atom stereocenters. The van der Waals surface area contributed by atoms with Crippen LogP contribution in [0.3, 0.4) is 0 Å². The van der Waals surface area contributed by atoms with Crippen molar-refractivity contribution in [3.8, 4) is 0 Å². The van der Waals surface area contributed by atoms with Crippen LogP contribution in [0.2, 0.25) is 0 Å². The van der Waals surface area contributed by atoms with Crippen molar-refractivity contribution in [1.82, 2.24) is 20.7 Å². The van der Waals surface area contributed by atoms with Crippen LogP contribution in [0.25, 0.3) is 0 Å². The number of aryl methyl sites for hydroxylation is 1. The van der Waals surface area contributed by atoms with E-state index in [0.717, 1.165) is 16.7 Å². The Morgan fingerprint density at radius 2 is 1.84 bits per heavy atom. The van der Waals surface area contributed by atoms with Crippen molar-refractivity contribution >= 4 is 29.5 Å². The second-order valence-electron chi connectivity index (χ2n) is 9.82. The summed E-state index contributed by atoms with van der Waals surface area (Å²) < 4.78 is 4.36. The number of hydrogen-bond acceptors (Lipinski definition) is 7. The van der Waals surface area contributed by atoms with Crippen LogP contribution in [0.15, 0.2) is 71.4 Å². The van der Waals surface area contributed by atoms with E-state index < -0.39 is 34.7 Å². The minimum atomic E-state index is -1.59. The van der Waals surface area contributed by atoms with Crippen molar-refractivity contribution in [2.45, 2.75) is 56.7 Å². The molecule has 3 amide bonds. The second kappa shape index (κ2) is 11.8. The maximum Gasteiger partial charge on any atom is 0.290 e. The van der Waals surface area contributed by atoms with Gasteiger partial charge in [-0.15, -0.1) is 11.8 Å². The van der Waals surface area contributed by atoms with Crippen molar-refractivity contribution in [3.63, 3.8) is 0 Å². The fourth-order valence-corrected chi connectivity index (χ4v) is 5.66. The fourth-order valence-electron chi connectivity index (χ4n) is 4.52. The first-order valence-corrected chi connectivity index (χ1v) is 13.4. The summed E-state index contributed by atoms with van der Waals surface area (Å²) in [5.41, 5.74) is 2.87. The zero-order valence-electron chi connectivity index (χ0n) is 21.6. The molecule has 1 aliphatic heterocycles. The summed E-state index contributed by atoms with van der Waals surface area (Å²) in [5.74, 6) is -1.32. The second-order valence-corrected chi connectivity index (χ2v) is 11.4. The van der Waals surface area contributed by atoms with Gasteiger partial charge in [0.05, 0.1) is 18.1 Å². The maximum atomic E-state index is 13.7. The molecule has 2 aromatic carbocycles.